The summed E-state index contributed by atoms with van der Waals surface area (Å²) in [6, 6.07) is -0.216. The summed E-state index contributed by atoms with van der Waals surface area (Å²) in [5.74, 6) is -0.379. The molecule has 5 heteroatoms. The molecule has 2 N–H and O–H groups in total. The molecule has 18 heavy (non-hydrogen) atoms. The number of amides is 1. The van der Waals surface area contributed by atoms with Gasteiger partial charge in [-0.25, -0.2) is 0 Å². The molecule has 0 aromatic carbocycles. The molecule has 2 unspecified atom stereocenters. The Bertz CT molecular complexity index is 305. The van der Waals surface area contributed by atoms with E-state index >= 15 is 0 Å². The van der Waals surface area contributed by atoms with Gasteiger partial charge in [-0.1, -0.05) is 20.8 Å². The van der Waals surface area contributed by atoms with Crippen LogP contribution < -0.4 is 5.32 Å². The number of likely N-dealkylation sites (tertiary alicyclic amines) is 1. The van der Waals surface area contributed by atoms with Gasteiger partial charge in [-0.2, -0.15) is 0 Å². The second kappa shape index (κ2) is 6.73. The lowest BCUT2D eigenvalue weighted by Crippen LogP contribution is -2.53. The third-order valence-corrected chi connectivity index (χ3v) is 3.40. The van der Waals surface area contributed by atoms with Crippen molar-refractivity contribution in [1.29, 1.82) is 0 Å². The third-order valence-electron chi connectivity index (χ3n) is 3.40. The van der Waals surface area contributed by atoms with Crippen LogP contribution in [-0.4, -0.2) is 47.6 Å². The minimum Gasteiger partial charge on any atom is -0.480 e. The number of carbonyl (C=O) groups excluding carboxylic acids is 1. The van der Waals surface area contributed by atoms with Crippen LogP contribution >= 0.6 is 0 Å². The van der Waals surface area contributed by atoms with Crippen molar-refractivity contribution in [1.82, 2.24) is 10.2 Å². The van der Waals surface area contributed by atoms with E-state index in [0.717, 1.165) is 19.5 Å². The standard InChI is InChI=1S/C13H24N2O3/c1-9(2)12(13(18)14-7-11(16)17)15-6-4-5-10(3)8-15/h9-10,12H,4-8H2,1-3H3,(H,14,18)(H,16,17). The first-order chi connectivity index (χ1) is 8.41. The summed E-state index contributed by atoms with van der Waals surface area (Å²) in [6.07, 6.45) is 2.31. The highest BCUT2D eigenvalue weighted by Gasteiger charge is 2.31. The monoisotopic (exact) mass is 256 g/mol. The lowest BCUT2D eigenvalue weighted by atomic mass is 9.94. The molecule has 104 valence electrons. The molecule has 1 rings (SSSR count). The van der Waals surface area contributed by atoms with E-state index in [-0.39, 0.29) is 24.4 Å². The van der Waals surface area contributed by atoms with Gasteiger partial charge in [-0.05, 0) is 31.2 Å². The van der Waals surface area contributed by atoms with Gasteiger partial charge < -0.3 is 10.4 Å². The van der Waals surface area contributed by atoms with Crippen molar-refractivity contribution < 1.29 is 14.7 Å². The Kier molecular flexibility index (Phi) is 5.59. The van der Waals surface area contributed by atoms with Gasteiger partial charge in [0.1, 0.15) is 6.54 Å². The Hall–Kier alpha value is -1.10. The van der Waals surface area contributed by atoms with Gasteiger partial charge in [0, 0.05) is 6.54 Å². The molecule has 0 radical (unpaired) electrons. The van der Waals surface area contributed by atoms with E-state index in [0.29, 0.717) is 5.92 Å². The van der Waals surface area contributed by atoms with E-state index in [4.69, 9.17) is 5.11 Å². The number of nitrogens with one attached hydrogen (secondary N) is 1. The minimum atomic E-state index is -1.00. The minimum absolute atomic E-state index is 0.165. The Balaban J connectivity index is 2.63. The quantitative estimate of drug-likeness (QED) is 0.768. The Morgan fingerprint density at radius 2 is 2.11 bits per heavy atom. The average Bonchev–Trinajstić information content (AvgIpc) is 2.26. The van der Waals surface area contributed by atoms with Crippen LogP contribution in [-0.2, 0) is 9.59 Å². The Labute approximate surface area is 109 Å². The van der Waals surface area contributed by atoms with Gasteiger partial charge in [0.05, 0.1) is 6.04 Å². The predicted molar refractivity (Wildman–Crippen MR) is 69.2 cm³/mol. The van der Waals surface area contributed by atoms with Gasteiger partial charge in [0.25, 0.3) is 0 Å². The number of carboxylic acids is 1. The zero-order valence-corrected chi connectivity index (χ0v) is 11.5. The van der Waals surface area contributed by atoms with Crippen LogP contribution in [0.1, 0.15) is 33.6 Å². The first kappa shape index (κ1) is 15.0. The predicted octanol–water partition coefficient (Wildman–Crippen LogP) is 0.944. The van der Waals surface area contributed by atoms with Crippen LogP contribution in [0, 0.1) is 11.8 Å². The molecule has 0 aromatic heterocycles. The second-order valence-electron chi connectivity index (χ2n) is 5.54. The van der Waals surface area contributed by atoms with Crippen LogP contribution in [0.4, 0.5) is 0 Å². The lowest BCUT2D eigenvalue weighted by Gasteiger charge is -2.38. The van der Waals surface area contributed by atoms with E-state index in [1.807, 2.05) is 13.8 Å². The van der Waals surface area contributed by atoms with E-state index in [1.165, 1.54) is 6.42 Å². The molecule has 0 bridgehead atoms. The van der Waals surface area contributed by atoms with Gasteiger partial charge in [0.2, 0.25) is 5.91 Å². The summed E-state index contributed by atoms with van der Waals surface area (Å²) in [5.41, 5.74) is 0. The Morgan fingerprint density at radius 1 is 1.44 bits per heavy atom. The Morgan fingerprint density at radius 3 is 2.61 bits per heavy atom. The largest absolute Gasteiger partial charge is 0.480 e. The van der Waals surface area contributed by atoms with Gasteiger partial charge in [-0.15, -0.1) is 0 Å². The molecule has 1 saturated heterocycles. The summed E-state index contributed by atoms with van der Waals surface area (Å²) < 4.78 is 0. The van der Waals surface area contributed by atoms with Crippen molar-refractivity contribution in [2.75, 3.05) is 19.6 Å². The second-order valence-corrected chi connectivity index (χ2v) is 5.54. The fraction of sp³-hybridized carbons (Fsp3) is 0.846. The smallest absolute Gasteiger partial charge is 0.322 e. The fourth-order valence-corrected chi connectivity index (χ4v) is 2.64. The summed E-state index contributed by atoms with van der Waals surface area (Å²) in [7, 11) is 0. The highest BCUT2D eigenvalue weighted by atomic mass is 16.4. The summed E-state index contributed by atoms with van der Waals surface area (Å²) in [4.78, 5) is 24.8. The highest BCUT2D eigenvalue weighted by molar-refractivity contribution is 5.85. The normalized spacial score (nSPS) is 22.8. The summed E-state index contributed by atoms with van der Waals surface area (Å²) in [5, 5.41) is 11.1. The van der Waals surface area contributed by atoms with Crippen LogP contribution in [0.15, 0.2) is 0 Å². The third kappa shape index (κ3) is 4.29. The lowest BCUT2D eigenvalue weighted by molar-refractivity contribution is -0.139. The van der Waals surface area contributed by atoms with E-state index in [1.54, 1.807) is 0 Å². The van der Waals surface area contributed by atoms with E-state index in [9.17, 15) is 9.59 Å². The molecular formula is C13H24N2O3. The number of hydrogen-bond donors (Lipinski definition) is 2. The van der Waals surface area contributed by atoms with Crippen molar-refractivity contribution in [2.45, 2.75) is 39.7 Å². The molecule has 1 heterocycles. The van der Waals surface area contributed by atoms with Crippen LogP contribution in [0.25, 0.3) is 0 Å². The molecule has 0 saturated carbocycles. The van der Waals surface area contributed by atoms with E-state index in [2.05, 4.69) is 17.1 Å². The maximum absolute atomic E-state index is 12.1. The number of aliphatic carboxylic acids is 1. The molecule has 1 aliphatic rings. The van der Waals surface area contributed by atoms with Crippen molar-refractivity contribution in [2.24, 2.45) is 11.8 Å². The maximum Gasteiger partial charge on any atom is 0.322 e. The topological polar surface area (TPSA) is 69.6 Å². The highest BCUT2D eigenvalue weighted by Crippen LogP contribution is 2.21. The number of nitrogens with zero attached hydrogens (tertiary/aromatic N) is 1. The molecule has 5 nitrogen and oxygen atoms in total. The molecule has 1 aliphatic heterocycles. The SMILES string of the molecule is CC1CCCN(C(C(=O)NCC(=O)O)C(C)C)C1. The summed E-state index contributed by atoms with van der Waals surface area (Å²) in [6.45, 7) is 7.75. The number of hydrogen-bond acceptors (Lipinski definition) is 3. The fourth-order valence-electron chi connectivity index (χ4n) is 2.64. The molecule has 1 fully saturated rings. The van der Waals surface area contributed by atoms with Crippen LogP contribution in [0.2, 0.25) is 0 Å². The van der Waals surface area contributed by atoms with Gasteiger partial charge in [0.15, 0.2) is 0 Å². The number of piperidine rings is 1. The maximum atomic E-state index is 12.1. The first-order valence-corrected chi connectivity index (χ1v) is 6.65. The average molecular weight is 256 g/mol. The van der Waals surface area contributed by atoms with Gasteiger partial charge >= 0.3 is 5.97 Å². The molecule has 2 atom stereocenters. The van der Waals surface area contributed by atoms with E-state index < -0.39 is 5.97 Å². The zero-order valence-electron chi connectivity index (χ0n) is 11.5. The van der Waals surface area contributed by atoms with Crippen molar-refractivity contribution in [3.05, 3.63) is 0 Å². The van der Waals surface area contributed by atoms with Crippen molar-refractivity contribution in [3.8, 4) is 0 Å². The van der Waals surface area contributed by atoms with Crippen LogP contribution in [0.5, 0.6) is 0 Å². The molecule has 0 aliphatic carbocycles. The zero-order chi connectivity index (χ0) is 13.7. The van der Waals surface area contributed by atoms with Gasteiger partial charge in [-0.3, -0.25) is 14.5 Å². The molecule has 1 amide bonds. The first-order valence-electron chi connectivity index (χ1n) is 6.65. The molecule has 0 aromatic rings. The summed E-state index contributed by atoms with van der Waals surface area (Å²) >= 11 is 0. The molecular weight excluding hydrogens is 232 g/mol. The number of carbonyl (C=O) groups is 2. The number of rotatable bonds is 5. The number of carboxylic acid groups (broad SMARTS) is 1. The van der Waals surface area contributed by atoms with Crippen molar-refractivity contribution in [3.63, 3.8) is 0 Å². The molecule has 0 spiro atoms. The van der Waals surface area contributed by atoms with Crippen molar-refractivity contribution >= 4 is 11.9 Å². The van der Waals surface area contributed by atoms with Crippen LogP contribution in [0.3, 0.4) is 0 Å².